The molecule has 5 heteroatoms. The number of nitrogens with zero attached hydrogens (tertiary/aromatic N) is 3. The van der Waals surface area contributed by atoms with E-state index in [4.69, 9.17) is 4.74 Å². The van der Waals surface area contributed by atoms with Gasteiger partial charge in [-0.15, -0.1) is 0 Å². The van der Waals surface area contributed by atoms with Gasteiger partial charge >= 0.3 is 0 Å². The molecule has 2 aromatic rings. The Labute approximate surface area is 131 Å². The zero-order valence-electron chi connectivity index (χ0n) is 12.9. The first kappa shape index (κ1) is 14.9. The SMILES string of the molecule is Cc1cccc(NCC(c2cccnc2)N2CCOCC2)n1. The Hall–Kier alpha value is -1.98. The summed E-state index contributed by atoms with van der Waals surface area (Å²) in [5.41, 5.74) is 2.25. The second-order valence-electron chi connectivity index (χ2n) is 5.50. The van der Waals surface area contributed by atoms with E-state index in [1.54, 1.807) is 0 Å². The maximum atomic E-state index is 5.47. The molecule has 0 aliphatic carbocycles. The Kier molecular flexibility index (Phi) is 4.98. The van der Waals surface area contributed by atoms with Crippen molar-refractivity contribution in [2.24, 2.45) is 0 Å². The molecule has 0 bridgehead atoms. The lowest BCUT2D eigenvalue weighted by Crippen LogP contribution is -2.41. The number of ether oxygens (including phenoxy) is 1. The van der Waals surface area contributed by atoms with Crippen LogP contribution in [-0.2, 0) is 4.74 Å². The molecule has 1 fully saturated rings. The zero-order valence-corrected chi connectivity index (χ0v) is 12.9. The molecule has 1 N–H and O–H groups in total. The van der Waals surface area contributed by atoms with Crippen LogP contribution in [0, 0.1) is 6.92 Å². The predicted octanol–water partition coefficient (Wildman–Crippen LogP) is 2.27. The van der Waals surface area contributed by atoms with E-state index in [1.807, 2.05) is 43.6 Å². The van der Waals surface area contributed by atoms with Gasteiger partial charge in [0.2, 0.25) is 0 Å². The fraction of sp³-hybridized carbons (Fsp3) is 0.412. The molecule has 1 unspecified atom stereocenters. The van der Waals surface area contributed by atoms with Gasteiger partial charge in [-0.3, -0.25) is 9.88 Å². The van der Waals surface area contributed by atoms with Crippen molar-refractivity contribution in [1.29, 1.82) is 0 Å². The molecule has 1 saturated heterocycles. The van der Waals surface area contributed by atoms with Crippen LogP contribution in [0.2, 0.25) is 0 Å². The van der Waals surface area contributed by atoms with Gasteiger partial charge in [-0.2, -0.15) is 0 Å². The fourth-order valence-electron chi connectivity index (χ4n) is 2.76. The number of aromatic nitrogens is 2. The minimum Gasteiger partial charge on any atom is -0.379 e. The average molecular weight is 298 g/mol. The van der Waals surface area contributed by atoms with E-state index in [1.165, 1.54) is 5.56 Å². The van der Waals surface area contributed by atoms with Crippen molar-refractivity contribution < 1.29 is 4.74 Å². The zero-order chi connectivity index (χ0) is 15.2. The lowest BCUT2D eigenvalue weighted by atomic mass is 10.1. The van der Waals surface area contributed by atoms with Crippen molar-refractivity contribution in [3.8, 4) is 0 Å². The molecule has 0 saturated carbocycles. The van der Waals surface area contributed by atoms with Crippen LogP contribution in [0.4, 0.5) is 5.82 Å². The largest absolute Gasteiger partial charge is 0.379 e. The molecule has 0 spiro atoms. The van der Waals surface area contributed by atoms with Gasteiger partial charge in [0.1, 0.15) is 5.82 Å². The van der Waals surface area contributed by atoms with Gasteiger partial charge < -0.3 is 10.1 Å². The van der Waals surface area contributed by atoms with Crippen LogP contribution < -0.4 is 5.32 Å². The van der Waals surface area contributed by atoms with Crippen LogP contribution in [0.1, 0.15) is 17.3 Å². The third-order valence-electron chi connectivity index (χ3n) is 3.92. The molecule has 0 radical (unpaired) electrons. The van der Waals surface area contributed by atoms with E-state index in [0.717, 1.165) is 44.4 Å². The molecule has 5 nitrogen and oxygen atoms in total. The summed E-state index contributed by atoms with van der Waals surface area (Å²) >= 11 is 0. The third-order valence-corrected chi connectivity index (χ3v) is 3.92. The normalized spacial score (nSPS) is 17.1. The Balaban J connectivity index is 1.73. The number of hydrogen-bond donors (Lipinski definition) is 1. The number of aryl methyl sites for hydroxylation is 1. The van der Waals surface area contributed by atoms with Crippen LogP contribution in [0.15, 0.2) is 42.7 Å². The van der Waals surface area contributed by atoms with Gasteiger partial charge in [-0.1, -0.05) is 12.1 Å². The fourth-order valence-corrected chi connectivity index (χ4v) is 2.76. The standard InChI is InChI=1S/C17H22N4O/c1-14-4-2-6-17(20-14)19-13-16(15-5-3-7-18-12-15)21-8-10-22-11-9-21/h2-7,12,16H,8-11,13H2,1H3,(H,19,20). The van der Waals surface area contributed by atoms with Gasteiger partial charge in [-0.05, 0) is 30.7 Å². The maximum Gasteiger partial charge on any atom is 0.126 e. The summed E-state index contributed by atoms with van der Waals surface area (Å²) < 4.78 is 5.47. The highest BCUT2D eigenvalue weighted by atomic mass is 16.5. The highest BCUT2D eigenvalue weighted by molar-refractivity contribution is 5.36. The van der Waals surface area contributed by atoms with Gasteiger partial charge in [0.05, 0.1) is 19.3 Å². The van der Waals surface area contributed by atoms with Gasteiger partial charge in [-0.25, -0.2) is 4.98 Å². The first-order valence-electron chi connectivity index (χ1n) is 7.72. The van der Waals surface area contributed by atoms with Crippen LogP contribution >= 0.6 is 0 Å². The molecule has 0 aromatic carbocycles. The van der Waals surface area contributed by atoms with E-state index in [9.17, 15) is 0 Å². The van der Waals surface area contributed by atoms with Crippen LogP contribution in [0.3, 0.4) is 0 Å². The topological polar surface area (TPSA) is 50.3 Å². The molecule has 0 amide bonds. The maximum absolute atomic E-state index is 5.47. The minimum atomic E-state index is 0.278. The summed E-state index contributed by atoms with van der Waals surface area (Å²) in [6.07, 6.45) is 3.76. The molecule has 22 heavy (non-hydrogen) atoms. The molecular formula is C17H22N4O. The van der Waals surface area contributed by atoms with E-state index >= 15 is 0 Å². The van der Waals surface area contributed by atoms with E-state index < -0.39 is 0 Å². The Morgan fingerprint density at radius 2 is 2.09 bits per heavy atom. The smallest absolute Gasteiger partial charge is 0.126 e. The molecule has 1 aliphatic heterocycles. The number of nitrogens with one attached hydrogen (secondary N) is 1. The molecular weight excluding hydrogens is 276 g/mol. The molecule has 2 aromatic heterocycles. The molecule has 3 rings (SSSR count). The summed E-state index contributed by atoms with van der Waals surface area (Å²) in [4.78, 5) is 11.2. The summed E-state index contributed by atoms with van der Waals surface area (Å²) in [5, 5.41) is 3.46. The molecule has 116 valence electrons. The predicted molar refractivity (Wildman–Crippen MR) is 86.8 cm³/mol. The highest BCUT2D eigenvalue weighted by Gasteiger charge is 2.22. The van der Waals surface area contributed by atoms with E-state index in [2.05, 4.69) is 26.3 Å². The highest BCUT2D eigenvalue weighted by Crippen LogP contribution is 2.21. The van der Waals surface area contributed by atoms with E-state index in [0.29, 0.717) is 0 Å². The lowest BCUT2D eigenvalue weighted by molar-refractivity contribution is 0.0186. The lowest BCUT2D eigenvalue weighted by Gasteiger charge is -2.34. The van der Waals surface area contributed by atoms with Crippen molar-refractivity contribution in [2.45, 2.75) is 13.0 Å². The van der Waals surface area contributed by atoms with Crippen LogP contribution in [-0.4, -0.2) is 47.7 Å². The second kappa shape index (κ2) is 7.33. The average Bonchev–Trinajstić information content (AvgIpc) is 2.57. The van der Waals surface area contributed by atoms with Crippen LogP contribution in [0.25, 0.3) is 0 Å². The summed E-state index contributed by atoms with van der Waals surface area (Å²) in [6, 6.07) is 10.4. The van der Waals surface area contributed by atoms with Crippen molar-refractivity contribution in [3.63, 3.8) is 0 Å². The Morgan fingerprint density at radius 1 is 1.23 bits per heavy atom. The number of pyridine rings is 2. The van der Waals surface area contributed by atoms with Crippen LogP contribution in [0.5, 0.6) is 0 Å². The first-order valence-corrected chi connectivity index (χ1v) is 7.72. The van der Waals surface area contributed by atoms with Gasteiger partial charge in [0, 0.05) is 37.7 Å². The van der Waals surface area contributed by atoms with Crippen molar-refractivity contribution in [1.82, 2.24) is 14.9 Å². The monoisotopic (exact) mass is 298 g/mol. The summed E-state index contributed by atoms with van der Waals surface area (Å²) in [6.45, 7) is 6.29. The first-order chi connectivity index (χ1) is 10.8. The summed E-state index contributed by atoms with van der Waals surface area (Å²) in [7, 11) is 0. The van der Waals surface area contributed by atoms with Gasteiger partial charge in [0.15, 0.2) is 0 Å². The Bertz CT molecular complexity index is 584. The van der Waals surface area contributed by atoms with Gasteiger partial charge in [0.25, 0.3) is 0 Å². The molecule has 1 aliphatic rings. The summed E-state index contributed by atoms with van der Waals surface area (Å²) in [5.74, 6) is 0.919. The van der Waals surface area contributed by atoms with Crippen molar-refractivity contribution >= 4 is 5.82 Å². The minimum absolute atomic E-state index is 0.278. The quantitative estimate of drug-likeness (QED) is 0.917. The third kappa shape index (κ3) is 3.81. The number of anilines is 1. The molecule has 1 atom stereocenters. The Morgan fingerprint density at radius 3 is 2.82 bits per heavy atom. The number of morpholine rings is 1. The van der Waals surface area contributed by atoms with Crippen molar-refractivity contribution in [2.75, 3.05) is 38.2 Å². The van der Waals surface area contributed by atoms with E-state index in [-0.39, 0.29) is 6.04 Å². The second-order valence-corrected chi connectivity index (χ2v) is 5.50. The number of rotatable bonds is 5. The van der Waals surface area contributed by atoms with Crippen molar-refractivity contribution in [3.05, 3.63) is 54.0 Å². The molecule has 3 heterocycles. The number of hydrogen-bond acceptors (Lipinski definition) is 5.